The van der Waals surface area contributed by atoms with Crippen LogP contribution < -0.4 is 19.6 Å². The van der Waals surface area contributed by atoms with E-state index in [9.17, 15) is 37.8 Å². The summed E-state index contributed by atoms with van der Waals surface area (Å²) in [5.74, 6) is 0. The summed E-state index contributed by atoms with van der Waals surface area (Å²) in [4.78, 5) is 85.0. The Kier molecular flexibility index (Phi) is 33.6. The molecule has 0 aliphatic rings. The molecule has 4 atom stereocenters. The van der Waals surface area contributed by atoms with Crippen molar-refractivity contribution in [2.45, 2.75) is 0 Å². The van der Waals surface area contributed by atoms with Gasteiger partial charge in [-0.15, -0.1) is 0 Å². The van der Waals surface area contributed by atoms with Gasteiger partial charge in [-0.3, -0.25) is 38.2 Å². The molecular formula is C20H30N4Ni2O18P4+2. The summed E-state index contributed by atoms with van der Waals surface area (Å²) in [6.07, 6.45) is 7.07. The van der Waals surface area contributed by atoms with E-state index in [4.69, 9.17) is 19.6 Å². The fourth-order valence-electron chi connectivity index (χ4n) is 2.32. The summed E-state index contributed by atoms with van der Waals surface area (Å²) in [6.45, 7) is 0. The SMILES string of the molecule is O.O.O=P([O-])(O)OP(=O)([O-])O.O=P([O-])(O)OP(=O)([O-])O.[Ni+2].[Ni+2].[OH3+].[OH3+].c1ccc(-c2ccccn2)nc1.c1ccc(-c2ccccn2)nc1. The van der Waals surface area contributed by atoms with E-state index in [0.29, 0.717) is 0 Å². The molecule has 4 heterocycles. The molecule has 22 nitrogen and oxygen atoms in total. The molecule has 4 unspecified atom stereocenters. The molecule has 0 radical (unpaired) electrons. The molecule has 0 bridgehead atoms. The first kappa shape index (κ1) is 58.2. The molecule has 0 amide bonds. The van der Waals surface area contributed by atoms with Gasteiger partial charge < -0.3 is 61.1 Å². The Morgan fingerprint density at radius 1 is 0.438 bits per heavy atom. The van der Waals surface area contributed by atoms with E-state index in [2.05, 4.69) is 28.6 Å². The first-order valence-corrected chi connectivity index (χ1v) is 16.6. The Balaban J connectivity index is -0.000000119. The van der Waals surface area contributed by atoms with Crippen LogP contribution in [0.3, 0.4) is 0 Å². The molecule has 0 fully saturated rings. The molecule has 0 aromatic carbocycles. The van der Waals surface area contributed by atoms with Gasteiger partial charge in [0.05, 0.1) is 22.8 Å². The standard InChI is InChI=1S/2C10H8N2.2Ni.2H4O7P2.4H2O/c2*1-3-7-11-9(5-1)10-6-2-4-8-12-10;;;2*1-8(2,3)7-9(4,5)6;;;;/h2*1-8H;;;2*(H2,1,2,3)(H2,4,5,6);4*1H2/q;;2*+2;;;;;;/p-2. The van der Waals surface area contributed by atoms with Crippen molar-refractivity contribution in [3.63, 3.8) is 0 Å². The Labute approximate surface area is 291 Å². The van der Waals surface area contributed by atoms with Crippen LogP contribution in [-0.2, 0) is 70.8 Å². The first-order chi connectivity index (χ1) is 19.3. The summed E-state index contributed by atoms with van der Waals surface area (Å²) in [6, 6.07) is 23.2. The van der Waals surface area contributed by atoms with Crippen LogP contribution in [0.1, 0.15) is 0 Å². The van der Waals surface area contributed by atoms with Gasteiger partial charge in [0, 0.05) is 24.8 Å². The number of hydrogen-bond acceptors (Lipinski definition) is 14. The number of nitrogens with zero attached hydrogens (tertiary/aromatic N) is 4. The molecule has 0 saturated carbocycles. The Hall–Kier alpha value is -2.05. The summed E-state index contributed by atoms with van der Waals surface area (Å²) in [5.41, 5.74) is 3.66. The third-order valence-electron chi connectivity index (χ3n) is 3.60. The van der Waals surface area contributed by atoms with Gasteiger partial charge in [0.15, 0.2) is 0 Å². The summed E-state index contributed by atoms with van der Waals surface area (Å²) >= 11 is 0. The van der Waals surface area contributed by atoms with E-state index in [-0.39, 0.29) is 54.9 Å². The van der Waals surface area contributed by atoms with E-state index in [1.165, 1.54) is 0 Å². The van der Waals surface area contributed by atoms with Crippen LogP contribution in [-0.4, -0.2) is 50.5 Å². The molecule has 0 spiro atoms. The average Bonchev–Trinajstić information content (AvgIpc) is 2.88. The van der Waals surface area contributed by atoms with Crippen LogP contribution in [0, 0.1) is 0 Å². The van der Waals surface area contributed by atoms with E-state index < -0.39 is 31.3 Å². The predicted molar refractivity (Wildman–Crippen MR) is 153 cm³/mol. The molecule has 28 heteroatoms. The van der Waals surface area contributed by atoms with Gasteiger partial charge in [-0.25, -0.2) is 8.62 Å². The van der Waals surface area contributed by atoms with E-state index >= 15 is 0 Å². The molecule has 14 N–H and O–H groups in total. The molecular weight excluding hydrogens is 826 g/mol. The maximum absolute atomic E-state index is 9.48. The van der Waals surface area contributed by atoms with E-state index in [1.54, 1.807) is 24.8 Å². The van der Waals surface area contributed by atoms with Crippen LogP contribution in [0.15, 0.2) is 97.6 Å². The maximum Gasteiger partial charge on any atom is 2.00 e. The van der Waals surface area contributed by atoms with Crippen molar-refractivity contribution in [3.8, 4) is 22.8 Å². The van der Waals surface area contributed by atoms with Gasteiger partial charge in [-0.2, -0.15) is 0 Å². The third kappa shape index (κ3) is 32.5. The summed E-state index contributed by atoms with van der Waals surface area (Å²) < 4.78 is 43.4. The van der Waals surface area contributed by atoms with Gasteiger partial charge in [0.2, 0.25) is 0 Å². The minimum Gasteiger partial charge on any atom is -0.756 e. The number of aromatic nitrogens is 4. The molecule has 4 aromatic rings. The van der Waals surface area contributed by atoms with Crippen molar-refractivity contribution in [1.82, 2.24) is 19.9 Å². The Morgan fingerprint density at radius 3 is 0.688 bits per heavy atom. The van der Waals surface area contributed by atoms with Gasteiger partial charge >= 0.3 is 33.0 Å². The Bertz CT molecular complexity index is 1300. The van der Waals surface area contributed by atoms with Crippen molar-refractivity contribution in [1.29, 1.82) is 0 Å². The average molecular weight is 856 g/mol. The molecule has 276 valence electrons. The fourth-order valence-corrected chi connectivity index (χ4v) is 4.40. The zero-order valence-electron chi connectivity index (χ0n) is 23.5. The second kappa shape index (κ2) is 27.7. The summed E-state index contributed by atoms with van der Waals surface area (Å²) in [5, 5.41) is 0. The smallest absolute Gasteiger partial charge is 0.756 e. The maximum atomic E-state index is 9.48. The van der Waals surface area contributed by atoms with Gasteiger partial charge in [0.25, 0.3) is 31.3 Å². The van der Waals surface area contributed by atoms with Crippen molar-refractivity contribution >= 4 is 31.3 Å². The first-order valence-electron chi connectivity index (χ1n) is 10.6. The van der Waals surface area contributed by atoms with Crippen LogP contribution in [0.2, 0.25) is 0 Å². The van der Waals surface area contributed by atoms with Gasteiger partial charge in [-0.05, 0) is 48.5 Å². The van der Waals surface area contributed by atoms with Crippen LogP contribution >= 0.6 is 31.3 Å². The number of rotatable bonds is 6. The van der Waals surface area contributed by atoms with Crippen molar-refractivity contribution in [2.24, 2.45) is 0 Å². The Morgan fingerprint density at radius 2 is 0.604 bits per heavy atom. The van der Waals surface area contributed by atoms with E-state index in [0.717, 1.165) is 22.8 Å². The third-order valence-corrected chi connectivity index (χ3v) is 6.90. The van der Waals surface area contributed by atoms with Crippen molar-refractivity contribution in [3.05, 3.63) is 97.6 Å². The van der Waals surface area contributed by atoms with Crippen molar-refractivity contribution in [2.75, 3.05) is 0 Å². The number of hydrogen-bond donors (Lipinski definition) is 4. The second-order valence-electron chi connectivity index (χ2n) is 6.90. The topological polar surface area (TPSA) is 440 Å². The molecule has 0 saturated heterocycles. The van der Waals surface area contributed by atoms with Gasteiger partial charge in [0.1, 0.15) is 0 Å². The van der Waals surface area contributed by atoms with Crippen LogP contribution in [0.25, 0.3) is 22.8 Å². The van der Waals surface area contributed by atoms with Gasteiger partial charge in [-0.1, -0.05) is 24.3 Å². The van der Waals surface area contributed by atoms with Crippen LogP contribution in [0.5, 0.6) is 0 Å². The zero-order chi connectivity index (χ0) is 31.9. The minimum atomic E-state index is -5.36. The van der Waals surface area contributed by atoms with Crippen LogP contribution in [0.4, 0.5) is 0 Å². The molecule has 0 aliphatic carbocycles. The normalized spacial score (nSPS) is 14.0. The quantitative estimate of drug-likeness (QED) is 0.0835. The summed E-state index contributed by atoms with van der Waals surface area (Å²) in [7, 11) is -21.5. The van der Waals surface area contributed by atoms with Crippen molar-refractivity contribution < 1.29 is 121 Å². The predicted octanol–water partition coefficient (Wildman–Crippen LogP) is -3.36. The minimum absolute atomic E-state index is 0. The van der Waals surface area contributed by atoms with E-state index in [1.807, 2.05) is 72.8 Å². The molecule has 48 heavy (non-hydrogen) atoms. The molecule has 4 rings (SSSR count). The largest absolute Gasteiger partial charge is 2.00 e. The zero-order valence-corrected chi connectivity index (χ0v) is 29.0. The number of phosphoric acid groups is 4. The second-order valence-corrected chi connectivity index (χ2v) is 12.0. The molecule has 0 aliphatic heterocycles. The monoisotopic (exact) mass is 854 g/mol. The fraction of sp³-hybridized carbons (Fsp3) is 0. The molecule has 4 aromatic heterocycles. The number of pyridine rings is 4.